The molecule has 0 bridgehead atoms. The molecule has 0 radical (unpaired) electrons. The van der Waals surface area contributed by atoms with E-state index in [-0.39, 0.29) is 16.3 Å². The van der Waals surface area contributed by atoms with Gasteiger partial charge in [-0.25, -0.2) is 21.6 Å². The van der Waals surface area contributed by atoms with Crippen LogP contribution in [0.15, 0.2) is 23.1 Å². The normalized spacial score (nSPS) is 12.4. The van der Waals surface area contributed by atoms with E-state index in [1.54, 1.807) is 0 Å². The zero-order chi connectivity index (χ0) is 13.9. The molecule has 0 saturated heterocycles. The van der Waals surface area contributed by atoms with Crippen molar-refractivity contribution in [3.05, 3.63) is 29.6 Å². The first kappa shape index (κ1) is 15.3. The van der Waals surface area contributed by atoms with E-state index in [0.29, 0.717) is 4.31 Å². The molecule has 0 heterocycles. The van der Waals surface area contributed by atoms with E-state index < -0.39 is 28.8 Å². The first-order valence-corrected chi connectivity index (χ1v) is 6.85. The summed E-state index contributed by atoms with van der Waals surface area (Å²) in [6, 6.07) is 3.00. The van der Waals surface area contributed by atoms with Crippen molar-refractivity contribution in [3.63, 3.8) is 0 Å². The van der Waals surface area contributed by atoms with Crippen LogP contribution in [0.25, 0.3) is 0 Å². The maximum Gasteiger partial charge on any atom is 0.252 e. The van der Waals surface area contributed by atoms with Crippen LogP contribution in [0.2, 0.25) is 0 Å². The zero-order valence-electron chi connectivity index (χ0n) is 9.41. The van der Waals surface area contributed by atoms with Gasteiger partial charge in [0.25, 0.3) is 6.43 Å². The summed E-state index contributed by atoms with van der Waals surface area (Å²) in [7, 11) is -3.02. The number of halogens is 4. The molecule has 0 unspecified atom stereocenters. The Morgan fingerprint density at radius 2 is 2.00 bits per heavy atom. The van der Waals surface area contributed by atoms with Crippen LogP contribution >= 0.6 is 11.6 Å². The van der Waals surface area contributed by atoms with E-state index >= 15 is 0 Å². The second-order valence-corrected chi connectivity index (χ2v) is 5.88. The van der Waals surface area contributed by atoms with Gasteiger partial charge >= 0.3 is 0 Å². The van der Waals surface area contributed by atoms with Crippen molar-refractivity contribution in [2.75, 3.05) is 13.6 Å². The monoisotopic (exact) mass is 301 g/mol. The molecule has 0 aliphatic rings. The molecule has 8 heteroatoms. The molecular weight excluding hydrogens is 291 g/mol. The summed E-state index contributed by atoms with van der Waals surface area (Å²) < 4.78 is 61.7. The van der Waals surface area contributed by atoms with Gasteiger partial charge in [0, 0.05) is 12.6 Å². The van der Waals surface area contributed by atoms with E-state index in [0.717, 1.165) is 25.2 Å². The Morgan fingerprint density at radius 1 is 1.39 bits per heavy atom. The SMILES string of the molecule is CN(CC(F)F)S(=O)(=O)c1ccc(F)c(CCl)c1. The van der Waals surface area contributed by atoms with Crippen LogP contribution in [-0.4, -0.2) is 32.7 Å². The maximum atomic E-state index is 13.2. The summed E-state index contributed by atoms with van der Waals surface area (Å²) in [6.07, 6.45) is -2.78. The van der Waals surface area contributed by atoms with Gasteiger partial charge in [-0.1, -0.05) is 0 Å². The number of rotatable bonds is 5. The van der Waals surface area contributed by atoms with Crippen molar-refractivity contribution in [3.8, 4) is 0 Å². The van der Waals surface area contributed by atoms with E-state index in [1.807, 2.05) is 0 Å². The average molecular weight is 302 g/mol. The first-order valence-electron chi connectivity index (χ1n) is 4.88. The van der Waals surface area contributed by atoms with Gasteiger partial charge in [0.1, 0.15) is 5.82 Å². The lowest BCUT2D eigenvalue weighted by Gasteiger charge is -2.17. The fraction of sp³-hybridized carbons (Fsp3) is 0.400. The molecule has 102 valence electrons. The average Bonchev–Trinajstić information content (AvgIpc) is 2.28. The molecule has 0 aliphatic carbocycles. The summed E-state index contributed by atoms with van der Waals surface area (Å²) in [6.45, 7) is -0.921. The lowest BCUT2D eigenvalue weighted by Crippen LogP contribution is -2.31. The third-order valence-corrected chi connectivity index (χ3v) is 4.37. The van der Waals surface area contributed by atoms with Crippen LogP contribution in [0.1, 0.15) is 5.56 Å². The molecule has 0 N–H and O–H groups in total. The number of hydrogen-bond donors (Lipinski definition) is 0. The van der Waals surface area contributed by atoms with Gasteiger partial charge in [-0.15, -0.1) is 11.6 Å². The highest BCUT2D eigenvalue weighted by Crippen LogP contribution is 2.20. The van der Waals surface area contributed by atoms with Gasteiger partial charge in [0.05, 0.1) is 17.3 Å². The first-order chi connectivity index (χ1) is 8.28. The molecule has 0 spiro atoms. The molecule has 0 atom stereocenters. The van der Waals surface area contributed by atoms with Gasteiger partial charge in [-0.3, -0.25) is 0 Å². The van der Waals surface area contributed by atoms with Crippen molar-refractivity contribution in [2.24, 2.45) is 0 Å². The Hall–Kier alpha value is -0.790. The minimum Gasteiger partial charge on any atom is -0.209 e. The number of benzene rings is 1. The molecule has 18 heavy (non-hydrogen) atoms. The molecule has 0 fully saturated rings. The van der Waals surface area contributed by atoms with Crippen molar-refractivity contribution in [2.45, 2.75) is 17.2 Å². The van der Waals surface area contributed by atoms with Crippen LogP contribution in [-0.2, 0) is 15.9 Å². The quantitative estimate of drug-likeness (QED) is 0.784. The highest BCUT2D eigenvalue weighted by atomic mass is 35.5. The largest absolute Gasteiger partial charge is 0.252 e. The summed E-state index contributed by atoms with van der Waals surface area (Å²) >= 11 is 5.45. The topological polar surface area (TPSA) is 37.4 Å². The smallest absolute Gasteiger partial charge is 0.209 e. The Kier molecular flexibility index (Phi) is 5.01. The predicted molar refractivity (Wildman–Crippen MR) is 61.8 cm³/mol. The molecule has 0 amide bonds. The second kappa shape index (κ2) is 5.90. The second-order valence-electron chi connectivity index (χ2n) is 3.56. The third kappa shape index (κ3) is 3.37. The zero-order valence-corrected chi connectivity index (χ0v) is 11.0. The lowest BCUT2D eigenvalue weighted by atomic mass is 10.2. The molecule has 3 nitrogen and oxygen atoms in total. The fourth-order valence-corrected chi connectivity index (χ4v) is 2.69. The number of alkyl halides is 3. The standard InChI is InChI=1S/C10H11ClF3NO2S/c1-15(6-10(13)14)18(16,17)8-2-3-9(12)7(4-8)5-11/h2-4,10H,5-6H2,1H3. The summed E-state index contributed by atoms with van der Waals surface area (Å²) in [5.74, 6) is -0.839. The predicted octanol–water partition coefficient (Wildman–Crippen LogP) is 2.45. The molecule has 0 aliphatic heterocycles. The van der Waals surface area contributed by atoms with Gasteiger partial charge in [0.2, 0.25) is 10.0 Å². The van der Waals surface area contributed by atoms with Crippen molar-refractivity contribution < 1.29 is 21.6 Å². The summed E-state index contributed by atoms with van der Waals surface area (Å²) in [5, 5.41) is 0. The minimum absolute atomic E-state index is 0.00295. The van der Waals surface area contributed by atoms with Crippen molar-refractivity contribution in [1.82, 2.24) is 4.31 Å². The number of hydrogen-bond acceptors (Lipinski definition) is 2. The Balaban J connectivity index is 3.12. The van der Waals surface area contributed by atoms with Crippen molar-refractivity contribution in [1.29, 1.82) is 0 Å². The number of sulfonamides is 1. The van der Waals surface area contributed by atoms with E-state index in [2.05, 4.69) is 0 Å². The highest BCUT2D eigenvalue weighted by Gasteiger charge is 2.24. The molecule has 1 aromatic rings. The van der Waals surface area contributed by atoms with Crippen LogP contribution in [0.5, 0.6) is 0 Å². The van der Waals surface area contributed by atoms with E-state index in [9.17, 15) is 21.6 Å². The molecular formula is C10H11ClF3NO2S. The summed E-state index contributed by atoms with van der Waals surface area (Å²) in [4.78, 5) is -0.261. The molecule has 0 aromatic heterocycles. The van der Waals surface area contributed by atoms with Crippen LogP contribution in [0.4, 0.5) is 13.2 Å². The molecule has 1 aromatic carbocycles. The summed E-state index contributed by atoms with van der Waals surface area (Å²) in [5.41, 5.74) is 0.00295. The number of nitrogens with zero attached hydrogens (tertiary/aromatic N) is 1. The van der Waals surface area contributed by atoms with Gasteiger partial charge < -0.3 is 0 Å². The maximum absolute atomic E-state index is 13.2. The van der Waals surface area contributed by atoms with Crippen molar-refractivity contribution >= 4 is 21.6 Å². The Bertz CT molecular complexity index is 522. The van der Waals surface area contributed by atoms with E-state index in [1.165, 1.54) is 0 Å². The van der Waals surface area contributed by atoms with Crippen LogP contribution in [0.3, 0.4) is 0 Å². The Morgan fingerprint density at radius 3 is 2.50 bits per heavy atom. The van der Waals surface area contributed by atoms with Crippen LogP contribution < -0.4 is 0 Å². The van der Waals surface area contributed by atoms with Crippen LogP contribution in [0, 0.1) is 5.82 Å². The van der Waals surface area contributed by atoms with E-state index in [4.69, 9.17) is 11.6 Å². The highest BCUT2D eigenvalue weighted by molar-refractivity contribution is 7.89. The van der Waals surface area contributed by atoms with Gasteiger partial charge in [-0.05, 0) is 18.2 Å². The Labute approximate surface area is 108 Å². The lowest BCUT2D eigenvalue weighted by molar-refractivity contribution is 0.126. The minimum atomic E-state index is -4.06. The molecule has 0 saturated carbocycles. The molecule has 1 rings (SSSR count). The third-order valence-electron chi connectivity index (χ3n) is 2.26. The van der Waals surface area contributed by atoms with Gasteiger partial charge in [-0.2, -0.15) is 4.31 Å². The fourth-order valence-electron chi connectivity index (χ4n) is 1.29. The van der Waals surface area contributed by atoms with Gasteiger partial charge in [0.15, 0.2) is 0 Å².